The van der Waals surface area contributed by atoms with E-state index in [9.17, 15) is 14.9 Å². The molecule has 1 aliphatic rings. The lowest BCUT2D eigenvalue weighted by molar-refractivity contribution is -0.384. The molecular formula is C13H16N2O4. The van der Waals surface area contributed by atoms with E-state index in [1.54, 1.807) is 6.07 Å². The number of nitro benzene ring substituents is 1. The molecule has 1 fully saturated rings. The van der Waals surface area contributed by atoms with Gasteiger partial charge in [-0.05, 0) is 36.8 Å². The zero-order valence-corrected chi connectivity index (χ0v) is 10.7. The molecule has 0 spiro atoms. The van der Waals surface area contributed by atoms with E-state index in [1.165, 1.54) is 12.1 Å². The summed E-state index contributed by atoms with van der Waals surface area (Å²) >= 11 is 0. The van der Waals surface area contributed by atoms with E-state index in [0.29, 0.717) is 6.54 Å². The molecule has 2 N–H and O–H groups in total. The summed E-state index contributed by atoms with van der Waals surface area (Å²) in [6.07, 6.45) is 3.25. The number of anilines is 1. The summed E-state index contributed by atoms with van der Waals surface area (Å²) in [5.74, 6) is -1.29. The molecule has 1 aromatic rings. The third kappa shape index (κ3) is 2.67. The van der Waals surface area contributed by atoms with Gasteiger partial charge >= 0.3 is 11.7 Å². The lowest BCUT2D eigenvalue weighted by atomic mass is 10.0. The number of hydrogen-bond donors (Lipinski definition) is 2. The normalized spacial score (nSPS) is 15.8. The topological polar surface area (TPSA) is 92.5 Å². The van der Waals surface area contributed by atoms with Gasteiger partial charge in [-0.15, -0.1) is 0 Å². The number of carboxylic acids is 1. The summed E-state index contributed by atoms with van der Waals surface area (Å²) in [7, 11) is 0. The van der Waals surface area contributed by atoms with Crippen LogP contribution in [0.4, 0.5) is 11.4 Å². The van der Waals surface area contributed by atoms with E-state index in [4.69, 9.17) is 5.11 Å². The first-order valence-electron chi connectivity index (χ1n) is 6.24. The van der Waals surface area contributed by atoms with Crippen LogP contribution in [0.2, 0.25) is 0 Å². The van der Waals surface area contributed by atoms with E-state index < -0.39 is 10.9 Å². The molecule has 1 aromatic carbocycles. The minimum atomic E-state index is -1.29. The van der Waals surface area contributed by atoms with Gasteiger partial charge in [0, 0.05) is 6.54 Å². The number of nitro groups is 1. The zero-order valence-electron chi connectivity index (χ0n) is 10.7. The third-order valence-electron chi connectivity index (χ3n) is 3.81. The molecule has 1 saturated carbocycles. The Kier molecular flexibility index (Phi) is 3.42. The van der Waals surface area contributed by atoms with Crippen molar-refractivity contribution in [3.05, 3.63) is 33.9 Å². The first kappa shape index (κ1) is 13.3. The van der Waals surface area contributed by atoms with Crippen LogP contribution in [0.15, 0.2) is 18.2 Å². The summed E-state index contributed by atoms with van der Waals surface area (Å²) < 4.78 is 0. The van der Waals surface area contributed by atoms with Crippen molar-refractivity contribution in [1.29, 1.82) is 0 Å². The minimum absolute atomic E-state index is 0.229. The van der Waals surface area contributed by atoms with Gasteiger partial charge in [-0.1, -0.05) is 13.0 Å². The fourth-order valence-corrected chi connectivity index (χ4v) is 2.17. The summed E-state index contributed by atoms with van der Waals surface area (Å²) in [6, 6.07) is 4.32. The molecule has 0 bridgehead atoms. The summed E-state index contributed by atoms with van der Waals surface area (Å²) in [5, 5.41) is 23.1. The molecule has 6 nitrogen and oxygen atoms in total. The summed E-state index contributed by atoms with van der Waals surface area (Å²) in [5.41, 5.74) is -0.129. The molecule has 6 heteroatoms. The molecule has 2 rings (SSSR count). The molecule has 0 unspecified atom stereocenters. The first-order chi connectivity index (χ1) is 8.99. The van der Waals surface area contributed by atoms with Crippen LogP contribution in [-0.4, -0.2) is 22.5 Å². The Hall–Kier alpha value is -2.11. The van der Waals surface area contributed by atoms with E-state index in [1.807, 2.05) is 0 Å². The highest BCUT2D eigenvalue weighted by atomic mass is 16.6. The highest BCUT2D eigenvalue weighted by molar-refractivity contribution is 5.95. The average Bonchev–Trinajstić information content (AvgIpc) is 3.16. The van der Waals surface area contributed by atoms with Crippen LogP contribution in [0.5, 0.6) is 0 Å². The summed E-state index contributed by atoms with van der Waals surface area (Å²) in [4.78, 5) is 21.4. The second kappa shape index (κ2) is 4.87. The monoisotopic (exact) mass is 264 g/mol. The standard InChI is InChI=1S/C13H16N2O4/c1-2-13(6-7-13)8-14-10-5-3-4-9(12(16)17)11(10)15(18)19/h3-5,14H,2,6-8H2,1H3,(H,16,17). The molecule has 0 atom stereocenters. The molecule has 0 radical (unpaired) electrons. The molecule has 0 aromatic heterocycles. The number of nitrogens with zero attached hydrogens (tertiary/aromatic N) is 1. The van der Waals surface area contributed by atoms with E-state index in [-0.39, 0.29) is 22.4 Å². The smallest absolute Gasteiger partial charge is 0.342 e. The Balaban J connectivity index is 2.26. The van der Waals surface area contributed by atoms with Gasteiger partial charge in [-0.25, -0.2) is 4.79 Å². The van der Waals surface area contributed by atoms with Crippen molar-refractivity contribution in [1.82, 2.24) is 0 Å². The Morgan fingerprint density at radius 2 is 2.21 bits per heavy atom. The van der Waals surface area contributed by atoms with E-state index in [2.05, 4.69) is 12.2 Å². The van der Waals surface area contributed by atoms with Crippen LogP contribution in [0.1, 0.15) is 36.5 Å². The Bertz CT molecular complexity index is 523. The molecule has 0 amide bonds. The molecule has 0 saturated heterocycles. The van der Waals surface area contributed by atoms with Crippen LogP contribution in [0.3, 0.4) is 0 Å². The van der Waals surface area contributed by atoms with Gasteiger partial charge in [0.2, 0.25) is 0 Å². The third-order valence-corrected chi connectivity index (χ3v) is 3.81. The van der Waals surface area contributed by atoms with Crippen molar-refractivity contribution < 1.29 is 14.8 Å². The number of aromatic carboxylic acids is 1. The van der Waals surface area contributed by atoms with Crippen molar-refractivity contribution in [2.45, 2.75) is 26.2 Å². The van der Waals surface area contributed by atoms with Gasteiger partial charge in [-0.2, -0.15) is 0 Å². The predicted octanol–water partition coefficient (Wildman–Crippen LogP) is 2.90. The Morgan fingerprint density at radius 1 is 1.53 bits per heavy atom. The van der Waals surface area contributed by atoms with Gasteiger partial charge in [0.05, 0.1) is 4.92 Å². The van der Waals surface area contributed by atoms with Crippen LogP contribution in [0.25, 0.3) is 0 Å². The SMILES string of the molecule is CCC1(CNc2cccc(C(=O)O)c2[N+](=O)[O-])CC1. The molecule has 1 aliphatic carbocycles. The van der Waals surface area contributed by atoms with E-state index >= 15 is 0 Å². The zero-order chi connectivity index (χ0) is 14.0. The summed E-state index contributed by atoms with van der Waals surface area (Å²) in [6.45, 7) is 2.74. The van der Waals surface area contributed by atoms with Crippen molar-refractivity contribution in [3.8, 4) is 0 Å². The number of benzene rings is 1. The van der Waals surface area contributed by atoms with Crippen molar-refractivity contribution in [2.24, 2.45) is 5.41 Å². The molecule has 0 heterocycles. The molecule has 102 valence electrons. The van der Waals surface area contributed by atoms with Crippen molar-refractivity contribution in [2.75, 3.05) is 11.9 Å². The lowest BCUT2D eigenvalue weighted by Gasteiger charge is -2.15. The maximum absolute atomic E-state index is 11.1. The van der Waals surface area contributed by atoms with Gasteiger partial charge < -0.3 is 10.4 Å². The number of rotatable bonds is 6. The van der Waals surface area contributed by atoms with Gasteiger partial charge in [-0.3, -0.25) is 10.1 Å². The maximum atomic E-state index is 11.1. The van der Waals surface area contributed by atoms with Crippen LogP contribution >= 0.6 is 0 Å². The van der Waals surface area contributed by atoms with Crippen LogP contribution < -0.4 is 5.32 Å². The highest BCUT2D eigenvalue weighted by Gasteiger charge is 2.40. The van der Waals surface area contributed by atoms with Gasteiger partial charge in [0.1, 0.15) is 11.3 Å². The number of para-hydroxylation sites is 1. The second-order valence-electron chi connectivity index (χ2n) is 4.97. The van der Waals surface area contributed by atoms with Gasteiger partial charge in [0.25, 0.3) is 0 Å². The van der Waals surface area contributed by atoms with E-state index in [0.717, 1.165) is 19.3 Å². The second-order valence-corrected chi connectivity index (χ2v) is 4.97. The van der Waals surface area contributed by atoms with Crippen LogP contribution in [0, 0.1) is 15.5 Å². The minimum Gasteiger partial charge on any atom is -0.477 e. The quantitative estimate of drug-likeness (QED) is 0.608. The predicted molar refractivity (Wildman–Crippen MR) is 70.5 cm³/mol. The maximum Gasteiger partial charge on any atom is 0.342 e. The van der Waals surface area contributed by atoms with Crippen molar-refractivity contribution >= 4 is 17.3 Å². The number of carbonyl (C=O) groups is 1. The Labute approximate surface area is 110 Å². The van der Waals surface area contributed by atoms with Crippen LogP contribution in [-0.2, 0) is 0 Å². The number of hydrogen-bond acceptors (Lipinski definition) is 4. The van der Waals surface area contributed by atoms with Gasteiger partial charge in [0.15, 0.2) is 0 Å². The first-order valence-corrected chi connectivity index (χ1v) is 6.24. The molecule has 19 heavy (non-hydrogen) atoms. The lowest BCUT2D eigenvalue weighted by Crippen LogP contribution is -2.16. The molecule has 0 aliphatic heterocycles. The van der Waals surface area contributed by atoms with Crippen molar-refractivity contribution in [3.63, 3.8) is 0 Å². The number of carboxylic acid groups (broad SMARTS) is 1. The molecular weight excluding hydrogens is 248 g/mol. The largest absolute Gasteiger partial charge is 0.477 e. The fourth-order valence-electron chi connectivity index (χ4n) is 2.17. The average molecular weight is 264 g/mol. The highest BCUT2D eigenvalue weighted by Crippen LogP contribution is 2.48. The Morgan fingerprint density at radius 3 is 2.68 bits per heavy atom. The number of nitrogens with one attached hydrogen (secondary N) is 1. The fraction of sp³-hybridized carbons (Fsp3) is 0.462.